The van der Waals surface area contributed by atoms with Gasteiger partial charge in [0, 0.05) is 0 Å². The van der Waals surface area contributed by atoms with Gasteiger partial charge in [-0.1, -0.05) is 0 Å². The summed E-state index contributed by atoms with van der Waals surface area (Å²) in [5.74, 6) is 0. The molecule has 2 atom stereocenters. The van der Waals surface area contributed by atoms with Gasteiger partial charge in [-0.15, -0.1) is 24.8 Å². The van der Waals surface area contributed by atoms with Crippen LogP contribution in [0.5, 0.6) is 0 Å². The van der Waals surface area contributed by atoms with Crippen LogP contribution in [-0.4, -0.2) is 6.49 Å². The average molecular weight is 382 g/mol. The maximum Gasteiger partial charge on any atom is -0.147 e. The van der Waals surface area contributed by atoms with Crippen molar-refractivity contribution in [2.45, 2.75) is 48.0 Å². The third-order valence-corrected chi connectivity index (χ3v) is 8.56. The van der Waals surface area contributed by atoms with Gasteiger partial charge in [0.1, 0.15) is 0 Å². The van der Waals surface area contributed by atoms with E-state index in [1.165, 1.54) is 11.1 Å². The van der Waals surface area contributed by atoms with Gasteiger partial charge < -0.3 is 0 Å². The number of allylic oxidation sites excluding steroid dienone is 2. The van der Waals surface area contributed by atoms with Crippen LogP contribution < -0.4 is 0 Å². The maximum atomic E-state index is 4.50. The molecule has 0 aromatic heterocycles. The first-order valence-electron chi connectivity index (χ1n) is 5.79. The van der Waals surface area contributed by atoms with Crippen LogP contribution in [0.25, 0.3) is 0 Å². The SMILES string of the molecule is CC1=C(C)[C](C)([Zr][C]2(C)N=NC(C)=C2C)N=N1.Cl.Cl. The molecule has 0 saturated carbocycles. The number of halogens is 2. The zero-order valence-electron chi connectivity index (χ0n) is 12.1. The van der Waals surface area contributed by atoms with Crippen LogP contribution in [0, 0.1) is 0 Å². The molecule has 0 fully saturated rings. The van der Waals surface area contributed by atoms with Gasteiger partial charge in [0.25, 0.3) is 0 Å². The van der Waals surface area contributed by atoms with E-state index in [-0.39, 0.29) is 31.3 Å². The van der Waals surface area contributed by atoms with Gasteiger partial charge in [-0.05, 0) is 0 Å². The van der Waals surface area contributed by atoms with Gasteiger partial charge in [-0.2, -0.15) is 0 Å². The third kappa shape index (κ3) is 3.25. The van der Waals surface area contributed by atoms with E-state index in [0.29, 0.717) is 0 Å². The molecule has 0 aromatic carbocycles. The van der Waals surface area contributed by atoms with Crippen molar-refractivity contribution >= 4 is 24.8 Å². The summed E-state index contributed by atoms with van der Waals surface area (Å²) >= 11 is -0.950. The summed E-state index contributed by atoms with van der Waals surface area (Å²) < 4.78 is -0.125. The molecule has 2 aliphatic rings. The Morgan fingerprint density at radius 2 is 1.05 bits per heavy atom. The van der Waals surface area contributed by atoms with Crippen LogP contribution in [0.3, 0.4) is 0 Å². The first-order chi connectivity index (χ1) is 7.78. The predicted molar refractivity (Wildman–Crippen MR) is 77.8 cm³/mol. The van der Waals surface area contributed by atoms with E-state index in [9.17, 15) is 0 Å². The normalized spacial score (nSPS) is 32.5. The molecular formula is C12H20Cl2N4Zr. The quantitative estimate of drug-likeness (QED) is 0.655. The van der Waals surface area contributed by atoms with E-state index < -0.39 is 23.2 Å². The Morgan fingerprint density at radius 3 is 1.26 bits per heavy atom. The standard InChI is InChI=1S/2C6H9N2.2ClH.Zr/c2*1-4-5(2)7-8-6(4)3;;;/h2*1-3H3;2*1H;. The Kier molecular flexibility index (Phi) is 6.33. The van der Waals surface area contributed by atoms with Crippen molar-refractivity contribution in [1.82, 2.24) is 0 Å². The van der Waals surface area contributed by atoms with Crippen molar-refractivity contribution in [2.75, 3.05) is 0 Å². The molecule has 0 radical (unpaired) electrons. The predicted octanol–water partition coefficient (Wildman–Crippen LogP) is 4.86. The molecule has 2 heterocycles. The molecule has 0 aromatic rings. The fraction of sp³-hybridized carbons (Fsp3) is 0.667. The Morgan fingerprint density at radius 1 is 0.737 bits per heavy atom. The smallest absolute Gasteiger partial charge is 0.147 e. The molecule has 0 bridgehead atoms. The van der Waals surface area contributed by atoms with Crippen LogP contribution in [0.2, 0.25) is 0 Å². The molecule has 2 unspecified atom stereocenters. The molecule has 19 heavy (non-hydrogen) atoms. The number of azo groups is 2. The first-order valence-corrected chi connectivity index (χ1v) is 8.25. The summed E-state index contributed by atoms with van der Waals surface area (Å²) in [5, 5.41) is 17.5. The van der Waals surface area contributed by atoms with Crippen LogP contribution in [0.15, 0.2) is 43.0 Å². The minimum atomic E-state index is -0.950. The molecule has 4 nitrogen and oxygen atoms in total. The third-order valence-electron chi connectivity index (χ3n) is 3.83. The first kappa shape index (κ1) is 19.1. The summed E-state index contributed by atoms with van der Waals surface area (Å²) in [5.41, 5.74) is 4.78. The van der Waals surface area contributed by atoms with Crippen molar-refractivity contribution in [2.24, 2.45) is 20.5 Å². The van der Waals surface area contributed by atoms with Gasteiger partial charge in [-0.3, -0.25) is 0 Å². The van der Waals surface area contributed by atoms with E-state index >= 15 is 0 Å². The van der Waals surface area contributed by atoms with Crippen molar-refractivity contribution in [3.8, 4) is 0 Å². The van der Waals surface area contributed by atoms with E-state index in [4.69, 9.17) is 0 Å². The Balaban J connectivity index is 0.00000162. The van der Waals surface area contributed by atoms with Crippen LogP contribution >= 0.6 is 24.8 Å². The minimum absolute atomic E-state index is 0. The van der Waals surface area contributed by atoms with Crippen LogP contribution in [-0.2, 0) is 23.2 Å². The molecule has 0 N–H and O–H groups in total. The van der Waals surface area contributed by atoms with E-state index in [0.717, 1.165) is 11.4 Å². The largest absolute Gasteiger partial charge is 0.147 e. The minimum Gasteiger partial charge on any atom is -0.147 e. The van der Waals surface area contributed by atoms with Gasteiger partial charge in [0.05, 0.1) is 0 Å². The molecule has 7 heteroatoms. The number of hydrogen-bond acceptors (Lipinski definition) is 4. The summed E-state index contributed by atoms with van der Waals surface area (Å²) in [4.78, 5) is 0. The topological polar surface area (TPSA) is 49.4 Å². The molecule has 2 aliphatic heterocycles. The zero-order valence-corrected chi connectivity index (χ0v) is 16.2. The van der Waals surface area contributed by atoms with Gasteiger partial charge in [0.2, 0.25) is 0 Å². The fourth-order valence-corrected chi connectivity index (χ4v) is 6.70. The Labute approximate surface area is 138 Å². The summed E-state index contributed by atoms with van der Waals surface area (Å²) in [6, 6.07) is 0. The van der Waals surface area contributed by atoms with Crippen molar-refractivity contribution in [1.29, 1.82) is 0 Å². The molecular weight excluding hydrogens is 362 g/mol. The maximum absolute atomic E-state index is 4.50. The second-order valence-electron chi connectivity index (χ2n) is 5.09. The van der Waals surface area contributed by atoms with E-state index in [1.54, 1.807) is 0 Å². The van der Waals surface area contributed by atoms with Gasteiger partial charge >= 0.3 is 114 Å². The van der Waals surface area contributed by atoms with Crippen LogP contribution in [0.1, 0.15) is 41.5 Å². The molecule has 0 spiro atoms. The monoisotopic (exact) mass is 380 g/mol. The number of nitrogens with zero attached hydrogens (tertiary/aromatic N) is 4. The second-order valence-corrected chi connectivity index (χ2v) is 10.5. The molecule has 0 saturated heterocycles. The number of hydrogen-bond donors (Lipinski definition) is 0. The summed E-state index contributed by atoms with van der Waals surface area (Å²) in [7, 11) is 0. The number of rotatable bonds is 2. The summed E-state index contributed by atoms with van der Waals surface area (Å²) in [6.45, 7) is 12.8. The van der Waals surface area contributed by atoms with Crippen molar-refractivity contribution in [3.05, 3.63) is 22.5 Å². The summed E-state index contributed by atoms with van der Waals surface area (Å²) in [6.07, 6.45) is 0. The zero-order chi connectivity index (χ0) is 12.8. The fourth-order valence-electron chi connectivity index (χ4n) is 2.07. The van der Waals surface area contributed by atoms with Crippen molar-refractivity contribution in [3.63, 3.8) is 0 Å². The average Bonchev–Trinajstić information content (AvgIpc) is 2.66. The molecule has 106 valence electrons. The second kappa shape index (κ2) is 6.28. The van der Waals surface area contributed by atoms with E-state index in [1.807, 2.05) is 13.8 Å². The Hall–Kier alpha value is 0.143. The Bertz CT molecular complexity index is 454. The molecule has 2 rings (SSSR count). The molecule has 0 amide bonds. The van der Waals surface area contributed by atoms with Gasteiger partial charge in [-0.25, -0.2) is 0 Å². The van der Waals surface area contributed by atoms with Gasteiger partial charge in [0.15, 0.2) is 0 Å². The van der Waals surface area contributed by atoms with Crippen molar-refractivity contribution < 1.29 is 23.2 Å². The molecule has 0 aliphatic carbocycles. The van der Waals surface area contributed by atoms with Crippen LogP contribution in [0.4, 0.5) is 0 Å². The van der Waals surface area contributed by atoms with E-state index in [2.05, 4.69) is 48.2 Å².